The molecule has 2 rings (SSSR count). The first-order chi connectivity index (χ1) is 8.91. The molecule has 1 nitrogen and oxygen atoms in total. The Hall–Kier alpha value is -0.615. The molecule has 0 spiro atoms. The van der Waals surface area contributed by atoms with Gasteiger partial charge in [0.25, 0.3) is 0 Å². The maximum Gasteiger partial charge on any atom is 0.366 e. The van der Waals surface area contributed by atoms with Gasteiger partial charge in [-0.1, -0.05) is 29.3 Å². The molecule has 0 aliphatic carbocycles. The van der Waals surface area contributed by atoms with E-state index in [1.165, 1.54) is 24.3 Å². The predicted molar refractivity (Wildman–Crippen MR) is 77.8 cm³/mol. The van der Waals surface area contributed by atoms with E-state index in [-0.39, 0.29) is 25.4 Å². The SMILES string of the molecule is OB(c1ccc(Cl)cc1F)c1c(Cl)ccc(Br)c1F. The van der Waals surface area contributed by atoms with E-state index in [9.17, 15) is 13.8 Å². The lowest BCUT2D eigenvalue weighted by Gasteiger charge is -2.12. The zero-order chi connectivity index (χ0) is 14.2. The van der Waals surface area contributed by atoms with Gasteiger partial charge < -0.3 is 5.02 Å². The third-order valence-electron chi connectivity index (χ3n) is 2.61. The Morgan fingerprint density at radius 1 is 1.11 bits per heavy atom. The van der Waals surface area contributed by atoms with Crippen LogP contribution in [0.3, 0.4) is 0 Å². The topological polar surface area (TPSA) is 20.2 Å². The molecular weight excluding hydrogens is 360 g/mol. The molecule has 1 N–H and O–H groups in total. The molecule has 2 aromatic carbocycles. The van der Waals surface area contributed by atoms with Crippen LogP contribution in [0.2, 0.25) is 10.0 Å². The number of rotatable bonds is 2. The van der Waals surface area contributed by atoms with Crippen LogP contribution in [-0.2, 0) is 0 Å². The Labute approximate surface area is 127 Å². The third kappa shape index (κ3) is 2.94. The minimum absolute atomic E-state index is 0.0163. The van der Waals surface area contributed by atoms with Crippen molar-refractivity contribution in [2.45, 2.75) is 0 Å². The average Bonchev–Trinajstić information content (AvgIpc) is 2.34. The molecule has 0 amide bonds. The van der Waals surface area contributed by atoms with Crippen LogP contribution in [0.5, 0.6) is 0 Å². The summed E-state index contributed by atoms with van der Waals surface area (Å²) in [5.41, 5.74) is -0.277. The molecule has 0 aliphatic rings. The first kappa shape index (κ1) is 14.8. The van der Waals surface area contributed by atoms with Crippen molar-refractivity contribution in [3.8, 4) is 0 Å². The van der Waals surface area contributed by atoms with Gasteiger partial charge in [-0.25, -0.2) is 8.78 Å². The number of benzene rings is 2. The van der Waals surface area contributed by atoms with Gasteiger partial charge in [0.1, 0.15) is 11.6 Å². The summed E-state index contributed by atoms with van der Waals surface area (Å²) in [6.45, 7) is -1.51. The molecule has 0 radical (unpaired) electrons. The van der Waals surface area contributed by atoms with Crippen LogP contribution in [0.25, 0.3) is 0 Å². The Balaban J connectivity index is 2.56. The highest BCUT2D eigenvalue weighted by molar-refractivity contribution is 9.10. The van der Waals surface area contributed by atoms with Gasteiger partial charge in [-0.3, -0.25) is 0 Å². The molecule has 0 saturated heterocycles. The molecule has 0 heterocycles. The summed E-state index contributed by atoms with van der Waals surface area (Å²) < 4.78 is 27.8. The Morgan fingerprint density at radius 2 is 1.79 bits per heavy atom. The van der Waals surface area contributed by atoms with Crippen LogP contribution in [0.15, 0.2) is 34.8 Å². The smallest absolute Gasteiger partial charge is 0.366 e. The van der Waals surface area contributed by atoms with Crippen LogP contribution in [0.4, 0.5) is 8.78 Å². The third-order valence-corrected chi connectivity index (χ3v) is 3.79. The molecular formula is C12H6BBrCl2F2O. The fourth-order valence-electron chi connectivity index (χ4n) is 1.67. The van der Waals surface area contributed by atoms with E-state index in [0.29, 0.717) is 0 Å². The van der Waals surface area contributed by atoms with Crippen molar-refractivity contribution in [3.63, 3.8) is 0 Å². The minimum Gasteiger partial charge on any atom is -0.443 e. The number of hydrogen-bond acceptors (Lipinski definition) is 1. The normalized spacial score (nSPS) is 10.6. The molecule has 19 heavy (non-hydrogen) atoms. The maximum absolute atomic E-state index is 14.0. The first-order valence-electron chi connectivity index (χ1n) is 5.18. The van der Waals surface area contributed by atoms with Gasteiger partial charge in [-0.2, -0.15) is 0 Å². The minimum atomic E-state index is -1.51. The van der Waals surface area contributed by atoms with E-state index in [1.807, 2.05) is 0 Å². The van der Waals surface area contributed by atoms with Crippen molar-refractivity contribution in [1.82, 2.24) is 0 Å². The van der Waals surface area contributed by atoms with E-state index >= 15 is 0 Å². The number of halogens is 5. The molecule has 98 valence electrons. The summed E-state index contributed by atoms with van der Waals surface area (Å²) in [6.07, 6.45) is 0. The molecule has 0 saturated carbocycles. The predicted octanol–water partition coefficient (Wildman–Crippen LogP) is 3.13. The molecule has 0 aliphatic heterocycles. The lowest BCUT2D eigenvalue weighted by molar-refractivity contribution is 0.580. The highest BCUT2D eigenvalue weighted by atomic mass is 79.9. The summed E-state index contributed by atoms with van der Waals surface area (Å²) in [5.74, 6) is -1.45. The summed E-state index contributed by atoms with van der Waals surface area (Å²) in [4.78, 5) is 0. The van der Waals surface area contributed by atoms with Gasteiger partial charge in [0.15, 0.2) is 0 Å². The summed E-state index contributed by atoms with van der Waals surface area (Å²) in [6, 6.07) is 6.57. The maximum atomic E-state index is 14.0. The fraction of sp³-hybridized carbons (Fsp3) is 0. The standard InChI is InChI=1S/C12H6BBrCl2F2O/c14-8-3-4-9(16)11(12(8)18)13(19)7-2-1-6(15)5-10(7)17/h1-5,19H. The van der Waals surface area contributed by atoms with Gasteiger partial charge in [-0.15, -0.1) is 0 Å². The zero-order valence-electron chi connectivity index (χ0n) is 9.30. The van der Waals surface area contributed by atoms with Crippen molar-refractivity contribution in [2.24, 2.45) is 0 Å². The second-order valence-corrected chi connectivity index (χ2v) is 5.52. The van der Waals surface area contributed by atoms with E-state index in [0.717, 1.165) is 6.07 Å². The van der Waals surface area contributed by atoms with Gasteiger partial charge in [0.05, 0.1) is 4.47 Å². The lowest BCUT2D eigenvalue weighted by Crippen LogP contribution is -2.46. The Bertz CT molecular complexity index is 639. The van der Waals surface area contributed by atoms with Gasteiger partial charge >= 0.3 is 6.92 Å². The Morgan fingerprint density at radius 3 is 2.42 bits per heavy atom. The van der Waals surface area contributed by atoms with Crippen molar-refractivity contribution >= 4 is 57.0 Å². The molecule has 0 atom stereocenters. The van der Waals surface area contributed by atoms with Gasteiger partial charge in [0, 0.05) is 15.5 Å². The summed E-state index contributed by atoms with van der Waals surface area (Å²) in [7, 11) is 0. The molecule has 2 aromatic rings. The Kier molecular flexibility index (Phi) is 4.51. The lowest BCUT2D eigenvalue weighted by atomic mass is 9.55. The second-order valence-electron chi connectivity index (χ2n) is 3.83. The van der Waals surface area contributed by atoms with Crippen LogP contribution in [0.1, 0.15) is 0 Å². The highest BCUT2D eigenvalue weighted by Gasteiger charge is 2.27. The van der Waals surface area contributed by atoms with Crippen LogP contribution < -0.4 is 10.9 Å². The first-order valence-corrected chi connectivity index (χ1v) is 6.73. The van der Waals surface area contributed by atoms with E-state index in [4.69, 9.17) is 23.2 Å². The molecule has 0 fully saturated rings. The quantitative estimate of drug-likeness (QED) is 0.640. The highest BCUT2D eigenvalue weighted by Crippen LogP contribution is 2.18. The molecule has 0 aromatic heterocycles. The fourth-order valence-corrected chi connectivity index (χ4v) is 2.43. The molecule has 0 bridgehead atoms. The van der Waals surface area contributed by atoms with Crippen LogP contribution in [-0.4, -0.2) is 11.9 Å². The van der Waals surface area contributed by atoms with Gasteiger partial charge in [0.2, 0.25) is 0 Å². The molecule has 0 unspecified atom stereocenters. The van der Waals surface area contributed by atoms with E-state index in [1.54, 1.807) is 0 Å². The van der Waals surface area contributed by atoms with Crippen molar-refractivity contribution < 1.29 is 13.8 Å². The van der Waals surface area contributed by atoms with Crippen molar-refractivity contribution in [1.29, 1.82) is 0 Å². The zero-order valence-corrected chi connectivity index (χ0v) is 12.4. The van der Waals surface area contributed by atoms with Crippen LogP contribution in [0, 0.1) is 11.6 Å². The van der Waals surface area contributed by atoms with E-state index < -0.39 is 18.6 Å². The van der Waals surface area contributed by atoms with Crippen LogP contribution >= 0.6 is 39.1 Å². The average molecular weight is 366 g/mol. The van der Waals surface area contributed by atoms with Gasteiger partial charge in [-0.05, 0) is 45.7 Å². The van der Waals surface area contributed by atoms with E-state index in [2.05, 4.69) is 15.9 Å². The summed E-state index contributed by atoms with van der Waals surface area (Å²) >= 11 is 14.5. The van der Waals surface area contributed by atoms with Crippen molar-refractivity contribution in [2.75, 3.05) is 0 Å². The van der Waals surface area contributed by atoms with Crippen molar-refractivity contribution in [3.05, 3.63) is 56.5 Å². The second kappa shape index (κ2) is 5.79. The summed E-state index contributed by atoms with van der Waals surface area (Å²) in [5, 5.41) is 10.3. The monoisotopic (exact) mass is 364 g/mol. The number of hydrogen-bond donors (Lipinski definition) is 1. The largest absolute Gasteiger partial charge is 0.443 e. The molecule has 7 heteroatoms.